The molecular weight excluding hydrogens is 563 g/mol. The molecule has 2 aliphatic rings. The SMILES string of the molecule is NCCSc1nccc(S/C=C/C2=C(C(=O)O)N3C(=O)[C@@H](NC(=O)/C(=N/O)c4nsc(N)n4)[C@H]3SC2)n1. The topological polar surface area (TPSA) is 223 Å². The first-order valence-corrected chi connectivity index (χ1v) is 14.1. The maximum Gasteiger partial charge on any atom is 0.352 e. The lowest BCUT2D eigenvalue weighted by molar-refractivity contribution is -0.150. The molecule has 0 unspecified atom stereocenters. The van der Waals surface area contributed by atoms with Gasteiger partial charge in [-0.2, -0.15) is 9.36 Å². The molecule has 0 saturated carbocycles. The summed E-state index contributed by atoms with van der Waals surface area (Å²) in [5.74, 6) is -1.99. The third-order valence-electron chi connectivity index (χ3n) is 4.87. The summed E-state index contributed by atoms with van der Waals surface area (Å²) in [6, 6.07) is 0.704. The van der Waals surface area contributed by atoms with Crippen molar-refractivity contribution in [3.8, 4) is 0 Å². The number of nitrogens with two attached hydrogens (primary N) is 2. The van der Waals surface area contributed by atoms with Gasteiger partial charge >= 0.3 is 5.97 Å². The van der Waals surface area contributed by atoms with E-state index >= 15 is 0 Å². The molecule has 2 aromatic heterocycles. The predicted molar refractivity (Wildman–Crippen MR) is 139 cm³/mol. The Morgan fingerprint density at radius 2 is 2.19 bits per heavy atom. The summed E-state index contributed by atoms with van der Waals surface area (Å²) in [5, 5.41) is 26.8. The van der Waals surface area contributed by atoms with Gasteiger partial charge in [0.25, 0.3) is 11.8 Å². The van der Waals surface area contributed by atoms with Crippen LogP contribution in [-0.2, 0) is 14.4 Å². The molecule has 194 valence electrons. The van der Waals surface area contributed by atoms with E-state index in [1.807, 2.05) is 0 Å². The number of nitrogens with one attached hydrogen (secondary N) is 1. The van der Waals surface area contributed by atoms with Crippen molar-refractivity contribution >= 4 is 75.4 Å². The Morgan fingerprint density at radius 3 is 2.86 bits per heavy atom. The van der Waals surface area contributed by atoms with Crippen LogP contribution >= 0.6 is 46.8 Å². The van der Waals surface area contributed by atoms with E-state index in [-0.39, 0.29) is 22.4 Å². The van der Waals surface area contributed by atoms with Gasteiger partial charge in [0.1, 0.15) is 22.1 Å². The number of nitrogen functional groups attached to an aromatic ring is 1. The van der Waals surface area contributed by atoms with Gasteiger partial charge in [0.2, 0.25) is 11.5 Å². The van der Waals surface area contributed by atoms with Crippen molar-refractivity contribution in [3.63, 3.8) is 0 Å². The van der Waals surface area contributed by atoms with E-state index in [1.54, 1.807) is 23.7 Å². The first-order valence-electron chi connectivity index (χ1n) is 10.4. The summed E-state index contributed by atoms with van der Waals surface area (Å²) < 4.78 is 3.82. The van der Waals surface area contributed by atoms with E-state index in [9.17, 15) is 24.7 Å². The smallest absolute Gasteiger partial charge is 0.352 e. The molecule has 4 rings (SSSR count). The fraction of sp³-hybridized carbons (Fsp3) is 0.263. The minimum absolute atomic E-state index is 0.0679. The van der Waals surface area contributed by atoms with Crippen LogP contribution in [0.15, 0.2) is 50.4 Å². The average molecular weight is 582 g/mol. The van der Waals surface area contributed by atoms with Crippen LogP contribution in [0.25, 0.3) is 0 Å². The Hall–Kier alpha value is -3.19. The molecule has 0 aliphatic carbocycles. The van der Waals surface area contributed by atoms with E-state index in [0.717, 1.165) is 16.4 Å². The Bertz CT molecular complexity index is 1310. The number of thioether (sulfide) groups is 3. The maximum absolute atomic E-state index is 12.9. The van der Waals surface area contributed by atoms with Crippen molar-refractivity contribution < 1.29 is 24.7 Å². The maximum atomic E-state index is 12.9. The van der Waals surface area contributed by atoms with Gasteiger partial charge in [-0.25, -0.2) is 14.8 Å². The van der Waals surface area contributed by atoms with E-state index < -0.39 is 34.9 Å². The van der Waals surface area contributed by atoms with E-state index in [1.165, 1.54) is 35.3 Å². The molecule has 7 N–H and O–H groups in total. The summed E-state index contributed by atoms with van der Waals surface area (Å²) >= 11 is 4.81. The molecule has 2 atom stereocenters. The molecule has 2 aromatic rings. The molecule has 0 bridgehead atoms. The van der Waals surface area contributed by atoms with Crippen molar-refractivity contribution in [1.29, 1.82) is 0 Å². The summed E-state index contributed by atoms with van der Waals surface area (Å²) in [6.07, 6.45) is 3.25. The number of hydrogen-bond donors (Lipinski definition) is 5. The number of rotatable bonds is 10. The summed E-state index contributed by atoms with van der Waals surface area (Å²) in [6.45, 7) is 0.504. The lowest BCUT2D eigenvalue weighted by Crippen LogP contribution is -2.71. The second kappa shape index (κ2) is 11.9. The second-order valence-electron chi connectivity index (χ2n) is 7.18. The highest BCUT2D eigenvalue weighted by Gasteiger charge is 2.54. The molecule has 18 heteroatoms. The highest BCUT2D eigenvalue weighted by Crippen LogP contribution is 2.41. The number of β-lactam (4-membered cyclic amide) rings is 1. The molecule has 1 saturated heterocycles. The number of carbonyl (C=O) groups is 3. The number of anilines is 1. The van der Waals surface area contributed by atoms with Crippen LogP contribution in [0.2, 0.25) is 0 Å². The monoisotopic (exact) mass is 581 g/mol. The number of oxime groups is 1. The number of allylic oxidation sites excluding steroid dienone is 1. The molecule has 2 aliphatic heterocycles. The van der Waals surface area contributed by atoms with Gasteiger partial charge in [0.05, 0.1) is 0 Å². The fourth-order valence-electron chi connectivity index (χ4n) is 3.30. The highest BCUT2D eigenvalue weighted by molar-refractivity contribution is 8.02. The van der Waals surface area contributed by atoms with Gasteiger partial charge in [-0.1, -0.05) is 28.7 Å². The van der Waals surface area contributed by atoms with Crippen molar-refractivity contribution in [2.24, 2.45) is 10.9 Å². The van der Waals surface area contributed by atoms with Crippen LogP contribution in [0.1, 0.15) is 5.82 Å². The molecule has 4 heterocycles. The number of aliphatic carboxylic acids is 1. The normalized spacial score (nSPS) is 19.6. The lowest BCUT2D eigenvalue weighted by atomic mass is 10.0. The number of fused-ring (bicyclic) bond motifs is 1. The molecule has 0 spiro atoms. The Kier molecular flexibility index (Phi) is 8.64. The standard InChI is InChI=1S/C19H19N9O5S4/c20-3-6-35-19-22-4-1-9(23-19)34-5-2-8-7-36-16-11(15(30)28(16)12(8)17(31)32)24-14(29)10(26-33)13-25-18(21)37-27-13/h1-2,4-5,11,16,33H,3,6-7,20H2,(H,24,29)(H,31,32)(H2,21,25,27)/b5-2+,26-10+/t11-,16-/m1/s1. The number of nitrogens with zero attached hydrogens (tertiary/aromatic N) is 6. The van der Waals surface area contributed by atoms with Crippen LogP contribution in [-0.4, -0.2) is 87.5 Å². The van der Waals surface area contributed by atoms with E-state index in [2.05, 4.69) is 29.8 Å². The van der Waals surface area contributed by atoms with Crippen LogP contribution in [0, 0.1) is 0 Å². The molecule has 14 nitrogen and oxygen atoms in total. The third-order valence-corrected chi connectivity index (χ3v) is 8.35. The zero-order valence-electron chi connectivity index (χ0n) is 18.7. The quantitative estimate of drug-likeness (QED) is 0.0480. The van der Waals surface area contributed by atoms with Crippen molar-refractivity contribution in [2.75, 3.05) is 23.8 Å². The zero-order chi connectivity index (χ0) is 26.5. The van der Waals surface area contributed by atoms with Gasteiger partial charge in [-0.15, -0.1) is 11.8 Å². The van der Waals surface area contributed by atoms with Gasteiger partial charge < -0.3 is 27.1 Å². The second-order valence-corrected chi connectivity index (χ2v) is 11.1. The van der Waals surface area contributed by atoms with Gasteiger partial charge in [-0.3, -0.25) is 14.5 Å². The number of hydrogen-bond acceptors (Lipinski definition) is 15. The average Bonchev–Trinajstić information content (AvgIpc) is 3.31. The number of carboxylic acids is 1. The first-order chi connectivity index (χ1) is 17.8. The minimum Gasteiger partial charge on any atom is -0.477 e. The van der Waals surface area contributed by atoms with E-state index in [0.29, 0.717) is 28.1 Å². The van der Waals surface area contributed by atoms with Crippen molar-refractivity contribution in [3.05, 3.63) is 40.8 Å². The largest absolute Gasteiger partial charge is 0.477 e. The fourth-order valence-corrected chi connectivity index (χ4v) is 6.36. The van der Waals surface area contributed by atoms with Gasteiger partial charge in [0, 0.05) is 35.8 Å². The molecule has 0 radical (unpaired) electrons. The number of amides is 2. The van der Waals surface area contributed by atoms with Crippen LogP contribution in [0.4, 0.5) is 5.13 Å². The molecule has 0 aromatic carbocycles. The minimum atomic E-state index is -1.27. The Morgan fingerprint density at radius 1 is 1.38 bits per heavy atom. The number of carbonyl (C=O) groups excluding carboxylic acids is 2. The summed E-state index contributed by atoms with van der Waals surface area (Å²) in [5.41, 5.74) is 10.8. The lowest BCUT2D eigenvalue weighted by Gasteiger charge is -2.49. The van der Waals surface area contributed by atoms with Crippen molar-refractivity contribution in [2.45, 2.75) is 21.6 Å². The van der Waals surface area contributed by atoms with Crippen molar-refractivity contribution in [1.82, 2.24) is 29.5 Å². The van der Waals surface area contributed by atoms with Gasteiger partial charge in [0.15, 0.2) is 10.3 Å². The first kappa shape index (κ1) is 26.9. The summed E-state index contributed by atoms with van der Waals surface area (Å²) in [7, 11) is 0. The van der Waals surface area contributed by atoms with E-state index in [4.69, 9.17) is 11.5 Å². The molecular formula is C19H19N9O5S4. The van der Waals surface area contributed by atoms with Crippen LogP contribution < -0.4 is 16.8 Å². The highest BCUT2D eigenvalue weighted by atomic mass is 32.2. The number of carboxylic acid groups (broad SMARTS) is 1. The molecule has 1 fully saturated rings. The third kappa shape index (κ3) is 5.87. The molecule has 2 amide bonds. The zero-order valence-corrected chi connectivity index (χ0v) is 21.9. The Balaban J connectivity index is 1.45. The molecule has 37 heavy (non-hydrogen) atoms. The predicted octanol–water partition coefficient (Wildman–Crippen LogP) is 0.184. The number of aromatic nitrogens is 4. The Labute approximate surface area is 226 Å². The van der Waals surface area contributed by atoms with Crippen LogP contribution in [0.5, 0.6) is 0 Å². The van der Waals surface area contributed by atoms with Gasteiger partial charge in [-0.05, 0) is 23.1 Å². The summed E-state index contributed by atoms with van der Waals surface area (Å²) in [4.78, 5) is 51.0. The van der Waals surface area contributed by atoms with Crippen LogP contribution in [0.3, 0.4) is 0 Å².